The smallest absolute Gasteiger partial charge is 0.194 e. The summed E-state index contributed by atoms with van der Waals surface area (Å²) in [5, 5.41) is 4.31. The van der Waals surface area contributed by atoms with Crippen molar-refractivity contribution in [2.75, 3.05) is 19.8 Å². The van der Waals surface area contributed by atoms with Crippen molar-refractivity contribution in [3.05, 3.63) is 11.8 Å². The van der Waals surface area contributed by atoms with Gasteiger partial charge in [0.25, 0.3) is 0 Å². The third kappa shape index (κ3) is 2.21. The first-order valence-electron chi connectivity index (χ1n) is 4.92. The van der Waals surface area contributed by atoms with Gasteiger partial charge in [0.1, 0.15) is 0 Å². The van der Waals surface area contributed by atoms with Crippen molar-refractivity contribution in [3.8, 4) is 0 Å². The summed E-state index contributed by atoms with van der Waals surface area (Å²) in [5.74, 6) is 0. The van der Waals surface area contributed by atoms with Crippen LogP contribution in [0.5, 0.6) is 0 Å². The fourth-order valence-corrected chi connectivity index (χ4v) is 2.37. The molecule has 1 aromatic heterocycles. The molecule has 2 rings (SSSR count). The summed E-state index contributed by atoms with van der Waals surface area (Å²) in [6, 6.07) is 1.68. The van der Waals surface area contributed by atoms with Crippen molar-refractivity contribution in [2.24, 2.45) is 0 Å². The minimum atomic E-state index is -3.18. The summed E-state index contributed by atoms with van der Waals surface area (Å²) in [6.07, 6.45) is 2.20. The van der Waals surface area contributed by atoms with E-state index in [-0.39, 0.29) is 5.03 Å². The molecule has 2 heterocycles. The molecule has 0 saturated carbocycles. The SMILES string of the molecule is CN1CCCn2nc(S(C)(=O)=O)cc2C1. The molecule has 84 valence electrons. The lowest BCUT2D eigenvalue weighted by molar-refractivity contribution is 0.332. The summed E-state index contributed by atoms with van der Waals surface area (Å²) >= 11 is 0. The molecule has 0 N–H and O–H groups in total. The van der Waals surface area contributed by atoms with Gasteiger partial charge in [-0.25, -0.2) is 8.42 Å². The molecule has 0 radical (unpaired) electrons. The van der Waals surface area contributed by atoms with Crippen LogP contribution in [0.1, 0.15) is 12.1 Å². The van der Waals surface area contributed by atoms with E-state index < -0.39 is 9.84 Å². The van der Waals surface area contributed by atoms with E-state index in [0.29, 0.717) is 0 Å². The van der Waals surface area contributed by atoms with Gasteiger partial charge in [0.05, 0.1) is 5.69 Å². The van der Waals surface area contributed by atoms with Crippen LogP contribution in [-0.4, -0.2) is 42.9 Å². The monoisotopic (exact) mass is 229 g/mol. The number of aryl methyl sites for hydroxylation is 1. The van der Waals surface area contributed by atoms with Crippen LogP contribution in [0.2, 0.25) is 0 Å². The molecule has 0 aromatic carbocycles. The number of aromatic nitrogens is 2. The average molecular weight is 229 g/mol. The number of sulfone groups is 1. The maximum Gasteiger partial charge on any atom is 0.194 e. The zero-order valence-electron chi connectivity index (χ0n) is 8.97. The lowest BCUT2D eigenvalue weighted by Crippen LogP contribution is -2.17. The van der Waals surface area contributed by atoms with Crippen LogP contribution in [0.15, 0.2) is 11.1 Å². The Morgan fingerprint density at radius 3 is 2.80 bits per heavy atom. The second kappa shape index (κ2) is 3.61. The third-order valence-corrected chi connectivity index (χ3v) is 3.52. The zero-order chi connectivity index (χ0) is 11.1. The fourth-order valence-electron chi connectivity index (χ4n) is 1.78. The molecule has 1 aromatic rings. The molecular formula is C9H15N3O2S. The highest BCUT2D eigenvalue weighted by molar-refractivity contribution is 7.90. The predicted octanol–water partition coefficient (Wildman–Crippen LogP) is 0.122. The van der Waals surface area contributed by atoms with E-state index in [1.807, 2.05) is 7.05 Å². The summed E-state index contributed by atoms with van der Waals surface area (Å²) < 4.78 is 24.5. The van der Waals surface area contributed by atoms with Crippen molar-refractivity contribution in [1.29, 1.82) is 0 Å². The van der Waals surface area contributed by atoms with E-state index in [1.54, 1.807) is 10.7 Å². The van der Waals surface area contributed by atoms with Gasteiger partial charge in [-0.15, -0.1) is 0 Å². The Labute approximate surface area is 89.6 Å². The molecule has 6 heteroatoms. The number of fused-ring (bicyclic) bond motifs is 1. The normalized spacial score (nSPS) is 18.5. The van der Waals surface area contributed by atoms with Gasteiger partial charge < -0.3 is 4.90 Å². The zero-order valence-corrected chi connectivity index (χ0v) is 9.79. The van der Waals surface area contributed by atoms with E-state index >= 15 is 0 Å². The third-order valence-electron chi connectivity index (χ3n) is 2.56. The van der Waals surface area contributed by atoms with E-state index in [1.165, 1.54) is 6.26 Å². The standard InChI is InChI=1S/C9H15N3O2S/c1-11-4-3-5-12-8(7-11)6-9(10-12)15(2,13)14/h6H,3-5,7H2,1-2H3. The molecule has 0 unspecified atom stereocenters. The molecule has 1 aliphatic heterocycles. The Bertz CT molecular complexity index is 464. The van der Waals surface area contributed by atoms with Crippen molar-refractivity contribution in [1.82, 2.24) is 14.7 Å². The molecule has 0 amide bonds. The fraction of sp³-hybridized carbons (Fsp3) is 0.667. The number of rotatable bonds is 1. The van der Waals surface area contributed by atoms with Crippen LogP contribution >= 0.6 is 0 Å². The van der Waals surface area contributed by atoms with Crippen molar-refractivity contribution in [3.63, 3.8) is 0 Å². The Kier molecular flexibility index (Phi) is 2.56. The summed E-state index contributed by atoms with van der Waals surface area (Å²) in [4.78, 5) is 2.17. The maximum atomic E-state index is 11.3. The largest absolute Gasteiger partial charge is 0.300 e. The first kappa shape index (κ1) is 10.6. The highest BCUT2D eigenvalue weighted by Gasteiger charge is 2.18. The lowest BCUT2D eigenvalue weighted by Gasteiger charge is -2.10. The van der Waals surface area contributed by atoms with Crippen LogP contribution in [0, 0.1) is 0 Å². The Hall–Kier alpha value is -0.880. The van der Waals surface area contributed by atoms with Crippen molar-refractivity contribution < 1.29 is 8.42 Å². The predicted molar refractivity (Wildman–Crippen MR) is 56.3 cm³/mol. The molecule has 0 bridgehead atoms. The lowest BCUT2D eigenvalue weighted by atomic mass is 10.4. The molecule has 0 atom stereocenters. The quantitative estimate of drug-likeness (QED) is 0.686. The first-order chi connectivity index (χ1) is 6.97. The van der Waals surface area contributed by atoms with Gasteiger partial charge in [0, 0.05) is 25.9 Å². The van der Waals surface area contributed by atoms with Gasteiger partial charge in [-0.2, -0.15) is 5.10 Å². The highest BCUT2D eigenvalue weighted by Crippen LogP contribution is 2.15. The second-order valence-electron chi connectivity index (χ2n) is 4.06. The molecule has 5 nitrogen and oxygen atoms in total. The molecule has 15 heavy (non-hydrogen) atoms. The number of hydrogen-bond donors (Lipinski definition) is 0. The highest BCUT2D eigenvalue weighted by atomic mass is 32.2. The summed E-state index contributed by atoms with van der Waals surface area (Å²) in [6.45, 7) is 2.59. The molecule has 1 aliphatic rings. The second-order valence-corrected chi connectivity index (χ2v) is 6.02. The maximum absolute atomic E-state index is 11.3. The molecular weight excluding hydrogens is 214 g/mol. The summed E-state index contributed by atoms with van der Waals surface area (Å²) in [7, 11) is -1.15. The van der Waals surface area contributed by atoms with Crippen LogP contribution in [0.4, 0.5) is 0 Å². The van der Waals surface area contributed by atoms with Gasteiger partial charge in [-0.05, 0) is 19.5 Å². The topological polar surface area (TPSA) is 55.2 Å². The van der Waals surface area contributed by atoms with Gasteiger partial charge in [0.2, 0.25) is 0 Å². The summed E-state index contributed by atoms with van der Waals surface area (Å²) in [5.41, 5.74) is 0.982. The molecule has 0 aliphatic carbocycles. The van der Waals surface area contributed by atoms with Gasteiger partial charge in [-0.3, -0.25) is 4.68 Å². The Morgan fingerprint density at radius 2 is 2.13 bits per heavy atom. The van der Waals surface area contributed by atoms with Gasteiger partial charge >= 0.3 is 0 Å². The number of nitrogens with zero attached hydrogens (tertiary/aromatic N) is 3. The van der Waals surface area contributed by atoms with E-state index in [9.17, 15) is 8.42 Å². The van der Waals surface area contributed by atoms with Crippen LogP contribution < -0.4 is 0 Å². The minimum absolute atomic E-state index is 0.188. The van der Waals surface area contributed by atoms with Gasteiger partial charge in [0.15, 0.2) is 14.9 Å². The molecule has 0 saturated heterocycles. The molecule has 0 fully saturated rings. The van der Waals surface area contributed by atoms with Crippen molar-refractivity contribution >= 4 is 9.84 Å². The Morgan fingerprint density at radius 1 is 1.40 bits per heavy atom. The van der Waals surface area contributed by atoms with Crippen LogP contribution in [-0.2, 0) is 22.9 Å². The van der Waals surface area contributed by atoms with Crippen LogP contribution in [0.3, 0.4) is 0 Å². The molecule has 0 spiro atoms. The van der Waals surface area contributed by atoms with E-state index in [4.69, 9.17) is 0 Å². The minimum Gasteiger partial charge on any atom is -0.300 e. The first-order valence-corrected chi connectivity index (χ1v) is 6.81. The van der Waals surface area contributed by atoms with E-state index in [2.05, 4.69) is 10.00 Å². The average Bonchev–Trinajstić information content (AvgIpc) is 2.41. The van der Waals surface area contributed by atoms with E-state index in [0.717, 1.165) is 31.7 Å². The number of hydrogen-bond acceptors (Lipinski definition) is 4. The Balaban J connectivity index is 2.40. The van der Waals surface area contributed by atoms with Crippen molar-refractivity contribution in [2.45, 2.75) is 24.5 Å². The van der Waals surface area contributed by atoms with Crippen LogP contribution in [0.25, 0.3) is 0 Å². The van der Waals surface area contributed by atoms with Gasteiger partial charge in [-0.1, -0.05) is 0 Å².